The molecule has 0 atom stereocenters. The van der Waals surface area contributed by atoms with Crippen LogP contribution in [0.2, 0.25) is 0 Å². The highest BCUT2D eigenvalue weighted by molar-refractivity contribution is 7.13. The van der Waals surface area contributed by atoms with E-state index in [0.29, 0.717) is 54.2 Å². The number of hydrogen-bond acceptors (Lipinski definition) is 10. The van der Waals surface area contributed by atoms with Gasteiger partial charge in [-0.1, -0.05) is 6.07 Å². The number of aromatic nitrogens is 1. The van der Waals surface area contributed by atoms with Crippen LogP contribution >= 0.6 is 11.3 Å². The smallest absolute Gasteiger partial charge is 0.340 e. The van der Waals surface area contributed by atoms with E-state index in [9.17, 15) is 14.9 Å². The zero-order valence-corrected chi connectivity index (χ0v) is 19.5. The predicted octanol–water partition coefficient (Wildman–Crippen LogP) is 3.93. The summed E-state index contributed by atoms with van der Waals surface area (Å²) in [6, 6.07) is 9.72. The van der Waals surface area contributed by atoms with Crippen LogP contribution in [0.25, 0.3) is 10.6 Å². The number of carbonyl (C=O) groups excluding carboxylic acids is 1. The molecule has 2 aromatic carbocycles. The third-order valence-electron chi connectivity index (χ3n) is 5.30. The van der Waals surface area contributed by atoms with E-state index in [2.05, 4.69) is 4.98 Å². The summed E-state index contributed by atoms with van der Waals surface area (Å²) < 4.78 is 21.7. The monoisotopic (exact) mass is 485 g/mol. The standard InChI is InChI=1S/C23H23N3O7S/c1-30-20-5-3-4-17(21(20)31-2)22-24-15(14-34-22)13-33-23(27)18-12-16(26(28)29)6-7-19(18)25-8-10-32-11-9-25/h3-7,12,14H,8-11,13H2,1-2H3. The normalized spacial score (nSPS) is 13.4. The van der Waals surface area contributed by atoms with Gasteiger partial charge in [-0.25, -0.2) is 9.78 Å². The van der Waals surface area contributed by atoms with E-state index in [1.54, 1.807) is 31.7 Å². The molecule has 1 saturated heterocycles. The summed E-state index contributed by atoms with van der Waals surface area (Å²) >= 11 is 1.38. The fourth-order valence-electron chi connectivity index (χ4n) is 3.65. The van der Waals surface area contributed by atoms with Crippen LogP contribution in [0, 0.1) is 10.1 Å². The van der Waals surface area contributed by atoms with E-state index in [-0.39, 0.29) is 17.9 Å². The number of methoxy groups -OCH3 is 2. The van der Waals surface area contributed by atoms with Crippen molar-refractivity contribution in [2.24, 2.45) is 0 Å². The third kappa shape index (κ3) is 4.95. The number of hydrogen-bond donors (Lipinski definition) is 0. The topological polar surface area (TPSA) is 113 Å². The molecule has 10 nitrogen and oxygen atoms in total. The van der Waals surface area contributed by atoms with Gasteiger partial charge in [0.2, 0.25) is 0 Å². The number of nitrogens with zero attached hydrogens (tertiary/aromatic N) is 3. The van der Waals surface area contributed by atoms with Crippen molar-refractivity contribution in [2.75, 3.05) is 45.4 Å². The van der Waals surface area contributed by atoms with Gasteiger partial charge < -0.3 is 23.8 Å². The summed E-state index contributed by atoms with van der Waals surface area (Å²) in [6.45, 7) is 2.11. The molecule has 0 saturated carbocycles. The summed E-state index contributed by atoms with van der Waals surface area (Å²) in [7, 11) is 3.12. The Kier molecular flexibility index (Phi) is 7.24. The number of esters is 1. The molecule has 11 heteroatoms. The van der Waals surface area contributed by atoms with Crippen LogP contribution in [-0.2, 0) is 16.1 Å². The van der Waals surface area contributed by atoms with Gasteiger partial charge in [0.1, 0.15) is 11.6 Å². The maximum absolute atomic E-state index is 13.0. The average Bonchev–Trinajstić information content (AvgIpc) is 3.35. The molecule has 4 rings (SSSR count). The maximum Gasteiger partial charge on any atom is 0.340 e. The van der Waals surface area contributed by atoms with Gasteiger partial charge in [0.25, 0.3) is 5.69 Å². The second kappa shape index (κ2) is 10.5. The number of non-ortho nitro benzene ring substituents is 1. The molecule has 2 heterocycles. The molecule has 178 valence electrons. The van der Waals surface area contributed by atoms with Gasteiger partial charge >= 0.3 is 5.97 Å². The fourth-order valence-corrected chi connectivity index (χ4v) is 4.48. The van der Waals surface area contributed by atoms with Crippen molar-refractivity contribution in [3.63, 3.8) is 0 Å². The lowest BCUT2D eigenvalue weighted by atomic mass is 10.1. The number of para-hydroxylation sites is 1. The first kappa shape index (κ1) is 23.5. The first-order valence-corrected chi connectivity index (χ1v) is 11.3. The SMILES string of the molecule is COc1cccc(-c2nc(COC(=O)c3cc([N+](=O)[O-])ccc3N3CCOCC3)cs2)c1OC. The lowest BCUT2D eigenvalue weighted by Crippen LogP contribution is -2.37. The van der Waals surface area contributed by atoms with Crippen molar-refractivity contribution in [3.05, 3.63) is 63.1 Å². The highest BCUT2D eigenvalue weighted by Crippen LogP contribution is 2.39. The average molecular weight is 486 g/mol. The summed E-state index contributed by atoms with van der Waals surface area (Å²) in [6.07, 6.45) is 0. The Hall–Kier alpha value is -3.70. The maximum atomic E-state index is 13.0. The predicted molar refractivity (Wildman–Crippen MR) is 126 cm³/mol. The van der Waals surface area contributed by atoms with Crippen LogP contribution in [0.5, 0.6) is 11.5 Å². The number of rotatable bonds is 8. The Morgan fingerprint density at radius 2 is 2.00 bits per heavy atom. The van der Waals surface area contributed by atoms with Gasteiger partial charge in [-0.05, 0) is 18.2 Å². The number of morpholine rings is 1. The summed E-state index contributed by atoms with van der Waals surface area (Å²) in [5.74, 6) is 0.498. The lowest BCUT2D eigenvalue weighted by molar-refractivity contribution is -0.384. The summed E-state index contributed by atoms with van der Waals surface area (Å²) in [4.78, 5) is 30.2. The fraction of sp³-hybridized carbons (Fsp3) is 0.304. The van der Waals surface area contributed by atoms with E-state index in [1.807, 2.05) is 17.0 Å². The van der Waals surface area contributed by atoms with Gasteiger partial charge in [0.05, 0.1) is 54.9 Å². The lowest BCUT2D eigenvalue weighted by Gasteiger charge is -2.30. The van der Waals surface area contributed by atoms with Crippen LogP contribution in [0.15, 0.2) is 41.8 Å². The number of thiazole rings is 1. The molecule has 1 aliphatic heterocycles. The Labute approximate surface area is 199 Å². The van der Waals surface area contributed by atoms with Crippen LogP contribution in [-0.4, -0.2) is 56.4 Å². The van der Waals surface area contributed by atoms with E-state index in [1.165, 1.54) is 23.5 Å². The van der Waals surface area contributed by atoms with E-state index < -0.39 is 10.9 Å². The minimum absolute atomic E-state index is 0.0765. The van der Waals surface area contributed by atoms with Crippen LogP contribution in [0.4, 0.5) is 11.4 Å². The summed E-state index contributed by atoms with van der Waals surface area (Å²) in [5, 5.41) is 13.7. The van der Waals surface area contributed by atoms with Crippen molar-refractivity contribution < 1.29 is 28.7 Å². The van der Waals surface area contributed by atoms with E-state index in [4.69, 9.17) is 18.9 Å². The summed E-state index contributed by atoms with van der Waals surface area (Å²) in [5.41, 5.74) is 1.86. The first-order chi connectivity index (χ1) is 16.5. The second-order valence-electron chi connectivity index (χ2n) is 7.32. The Morgan fingerprint density at radius 3 is 2.71 bits per heavy atom. The molecule has 1 aromatic heterocycles. The molecule has 0 unspecified atom stereocenters. The van der Waals surface area contributed by atoms with Crippen molar-refractivity contribution in [3.8, 4) is 22.1 Å². The van der Waals surface area contributed by atoms with Gasteiger partial charge in [0, 0.05) is 30.6 Å². The molecule has 0 bridgehead atoms. The van der Waals surface area contributed by atoms with E-state index in [0.717, 1.165) is 5.56 Å². The quantitative estimate of drug-likeness (QED) is 0.266. The van der Waals surface area contributed by atoms with Crippen LogP contribution in [0.1, 0.15) is 16.1 Å². The number of ether oxygens (including phenoxy) is 4. The molecule has 0 radical (unpaired) electrons. The molecule has 0 spiro atoms. The molecule has 1 aliphatic rings. The van der Waals surface area contributed by atoms with Crippen molar-refractivity contribution in [1.82, 2.24) is 4.98 Å². The number of anilines is 1. The highest BCUT2D eigenvalue weighted by atomic mass is 32.1. The third-order valence-corrected chi connectivity index (χ3v) is 6.22. The number of carbonyl (C=O) groups is 1. The Bertz CT molecular complexity index is 1190. The van der Waals surface area contributed by atoms with Gasteiger partial charge in [-0.15, -0.1) is 11.3 Å². The molecule has 0 aliphatic carbocycles. The molecule has 3 aromatic rings. The largest absolute Gasteiger partial charge is 0.493 e. The van der Waals surface area contributed by atoms with Gasteiger partial charge in [-0.3, -0.25) is 10.1 Å². The van der Waals surface area contributed by atoms with Crippen molar-refractivity contribution in [2.45, 2.75) is 6.61 Å². The number of nitro benzene ring substituents is 1. The molecular formula is C23H23N3O7S. The van der Waals surface area contributed by atoms with Crippen LogP contribution in [0.3, 0.4) is 0 Å². The van der Waals surface area contributed by atoms with Gasteiger partial charge in [-0.2, -0.15) is 0 Å². The molecule has 0 N–H and O–H groups in total. The molecule has 1 fully saturated rings. The molecular weight excluding hydrogens is 462 g/mol. The molecule has 0 amide bonds. The van der Waals surface area contributed by atoms with Crippen molar-refractivity contribution in [1.29, 1.82) is 0 Å². The van der Waals surface area contributed by atoms with E-state index >= 15 is 0 Å². The minimum atomic E-state index is -0.654. The first-order valence-electron chi connectivity index (χ1n) is 10.5. The van der Waals surface area contributed by atoms with Crippen LogP contribution < -0.4 is 14.4 Å². The number of benzene rings is 2. The van der Waals surface area contributed by atoms with Crippen molar-refractivity contribution >= 4 is 28.7 Å². The zero-order chi connectivity index (χ0) is 24.1. The Balaban J connectivity index is 1.53. The zero-order valence-electron chi connectivity index (χ0n) is 18.7. The Morgan fingerprint density at radius 1 is 1.21 bits per heavy atom. The molecule has 34 heavy (non-hydrogen) atoms. The number of nitro groups is 1. The second-order valence-corrected chi connectivity index (χ2v) is 8.18. The minimum Gasteiger partial charge on any atom is -0.493 e. The highest BCUT2D eigenvalue weighted by Gasteiger charge is 2.23. The van der Waals surface area contributed by atoms with Gasteiger partial charge in [0.15, 0.2) is 11.5 Å².